The lowest BCUT2D eigenvalue weighted by Gasteiger charge is -2.31. The van der Waals surface area contributed by atoms with Crippen LogP contribution in [0.4, 0.5) is 5.82 Å². The van der Waals surface area contributed by atoms with Crippen molar-refractivity contribution in [2.45, 2.75) is 70.3 Å². The van der Waals surface area contributed by atoms with E-state index in [9.17, 15) is 34.0 Å². The third kappa shape index (κ3) is 7.80. The van der Waals surface area contributed by atoms with Gasteiger partial charge in [0.05, 0.1) is 32.8 Å². The molecule has 0 saturated carbocycles. The molecule has 21 heteroatoms. The van der Waals surface area contributed by atoms with Gasteiger partial charge in [-0.05, 0) is 27.7 Å². The highest BCUT2D eigenvalue weighted by atomic mass is 31.2. The largest absolute Gasteiger partial charge is 0.387 e. The van der Waals surface area contributed by atoms with Gasteiger partial charge in [0.25, 0.3) is 5.91 Å². The molecule has 1 aliphatic rings. The summed E-state index contributed by atoms with van der Waals surface area (Å²) in [6.07, 6.45) is -6.12. The first-order valence-corrected chi connectivity index (χ1v) is 17.1. The van der Waals surface area contributed by atoms with Gasteiger partial charge in [0.2, 0.25) is 11.4 Å². The van der Waals surface area contributed by atoms with E-state index in [1.54, 1.807) is 0 Å². The summed E-state index contributed by atoms with van der Waals surface area (Å²) in [5.41, 5.74) is 4.39. The number of hydrogen-bond acceptors (Lipinski definition) is 16. The van der Waals surface area contributed by atoms with Crippen LogP contribution in [-0.2, 0) is 41.6 Å². The van der Waals surface area contributed by atoms with Gasteiger partial charge in [-0.1, -0.05) is 0 Å². The van der Waals surface area contributed by atoms with Gasteiger partial charge in [-0.15, -0.1) is 0 Å². The zero-order chi connectivity index (χ0) is 32.7. The van der Waals surface area contributed by atoms with Gasteiger partial charge in [-0.2, -0.15) is 0 Å². The third-order valence-electron chi connectivity index (χ3n) is 6.29. The molecule has 1 unspecified atom stereocenters. The lowest BCUT2D eigenvalue weighted by molar-refractivity contribution is -0.143. The highest BCUT2D eigenvalue weighted by molar-refractivity contribution is 7.72. The monoisotopic (exact) mass is 667 g/mol. The van der Waals surface area contributed by atoms with Gasteiger partial charge < -0.3 is 54.5 Å². The van der Waals surface area contributed by atoms with E-state index in [2.05, 4.69) is 25.6 Å². The van der Waals surface area contributed by atoms with Crippen LogP contribution in [-0.4, -0.2) is 110 Å². The fraction of sp³-hybridized carbons (Fsp3) is 0.696. The number of nitrogens with one attached hydrogen (secondary N) is 2. The minimum atomic E-state index is -4.27. The van der Waals surface area contributed by atoms with E-state index in [1.165, 1.54) is 44.9 Å². The Hall–Kier alpha value is -2.57. The molecule has 1 fully saturated rings. The molecule has 1 saturated heterocycles. The Kier molecular flexibility index (Phi) is 12.7. The highest BCUT2D eigenvalue weighted by Crippen LogP contribution is 2.69. The molecule has 5 atom stereocenters. The maximum absolute atomic E-state index is 13.6. The molecule has 3 rings (SSSR count). The Morgan fingerprint density at radius 2 is 1.57 bits per heavy atom. The number of carbonyl (C=O) groups excluding carboxylic acids is 2. The summed E-state index contributed by atoms with van der Waals surface area (Å²) in [5.74, 6) is -1.79. The first-order valence-electron chi connectivity index (χ1n) is 13.8. The lowest BCUT2D eigenvalue weighted by atomic mass is 10.0. The van der Waals surface area contributed by atoms with Crippen molar-refractivity contribution in [3.63, 3.8) is 0 Å². The maximum atomic E-state index is 13.6. The minimum Gasteiger partial charge on any atom is -0.387 e. The molecule has 0 bridgehead atoms. The molecule has 2 aromatic heterocycles. The average molecular weight is 668 g/mol. The first-order chi connectivity index (χ1) is 20.9. The van der Waals surface area contributed by atoms with Crippen molar-refractivity contribution in [3.8, 4) is 0 Å². The number of imidazole rings is 1. The van der Waals surface area contributed by atoms with Crippen LogP contribution in [0.1, 0.15) is 40.3 Å². The molecule has 44 heavy (non-hydrogen) atoms. The molecular formula is C23H39N7O12P2. The fourth-order valence-electron chi connectivity index (χ4n) is 4.41. The van der Waals surface area contributed by atoms with Crippen LogP contribution in [0.15, 0.2) is 12.7 Å². The lowest BCUT2D eigenvalue weighted by Crippen LogP contribution is -2.48. The number of amides is 2. The Bertz CT molecular complexity index is 1330. The second-order valence-corrected chi connectivity index (χ2v) is 13.9. The minimum absolute atomic E-state index is 0.0743. The normalized spacial score (nSPS) is 21.5. The fourth-order valence-corrected chi connectivity index (χ4v) is 9.35. The average Bonchev–Trinajstić information content (AvgIpc) is 3.53. The second kappa shape index (κ2) is 15.6. The van der Waals surface area contributed by atoms with Gasteiger partial charge >= 0.3 is 15.2 Å². The Morgan fingerprint density at radius 3 is 2.11 bits per heavy atom. The number of rotatable bonds is 17. The SMILES string of the molecule is CCOP(=O)(OCC)C(NC(=O)CCNC(=O)C(O)[C@H]1O[C@@H](n2cnc3c(N)ncnc32)[C@H](O)[C@@H]1O)P(=O)(OCC)OCC. The zero-order valence-electron chi connectivity index (χ0n) is 24.6. The predicted molar refractivity (Wildman–Crippen MR) is 153 cm³/mol. The van der Waals surface area contributed by atoms with E-state index in [1.807, 2.05) is 0 Å². The summed E-state index contributed by atoms with van der Waals surface area (Å²) in [4.78, 5) is 37.5. The molecule has 0 radical (unpaired) electrons. The summed E-state index contributed by atoms with van der Waals surface area (Å²) >= 11 is 0. The molecule has 19 nitrogen and oxygen atoms in total. The number of hydrogen-bond donors (Lipinski definition) is 6. The maximum Gasteiger partial charge on any atom is 0.365 e. The van der Waals surface area contributed by atoms with Crippen molar-refractivity contribution in [1.82, 2.24) is 30.2 Å². The second-order valence-electron chi connectivity index (χ2n) is 9.23. The Balaban J connectivity index is 1.65. The molecule has 3 heterocycles. The number of aliphatic hydroxyl groups excluding tert-OH is 3. The molecule has 248 valence electrons. The van der Waals surface area contributed by atoms with Crippen LogP contribution in [0.25, 0.3) is 11.2 Å². The number of aliphatic hydroxyl groups is 3. The molecule has 0 aromatic carbocycles. The van der Waals surface area contributed by atoms with E-state index in [4.69, 9.17) is 28.6 Å². The van der Waals surface area contributed by atoms with Crippen molar-refractivity contribution >= 4 is 44.0 Å². The summed E-state index contributed by atoms with van der Waals surface area (Å²) in [6.45, 7) is 5.39. The smallest absolute Gasteiger partial charge is 0.365 e. The van der Waals surface area contributed by atoms with E-state index in [-0.39, 0.29) is 50.0 Å². The number of carbonyl (C=O) groups is 2. The summed E-state index contributed by atoms with van der Waals surface area (Å²) in [5, 5.41) is 36.4. The van der Waals surface area contributed by atoms with Crippen LogP contribution >= 0.6 is 15.2 Å². The van der Waals surface area contributed by atoms with Gasteiger partial charge in [0.15, 0.2) is 23.8 Å². The van der Waals surface area contributed by atoms with Gasteiger partial charge in [-0.25, -0.2) is 15.0 Å². The highest BCUT2D eigenvalue weighted by Gasteiger charge is 2.52. The van der Waals surface area contributed by atoms with Crippen molar-refractivity contribution in [3.05, 3.63) is 12.7 Å². The van der Waals surface area contributed by atoms with Gasteiger partial charge in [0, 0.05) is 13.0 Å². The Labute approximate surface area is 252 Å². The summed E-state index contributed by atoms with van der Waals surface area (Å²) in [7, 11) is -8.53. The summed E-state index contributed by atoms with van der Waals surface area (Å²) in [6, 6.07) is 0. The number of nitrogens with two attached hydrogens (primary N) is 1. The summed E-state index contributed by atoms with van der Waals surface area (Å²) < 4.78 is 55.2. The van der Waals surface area contributed by atoms with E-state index >= 15 is 0 Å². The number of ether oxygens (including phenoxy) is 1. The zero-order valence-corrected chi connectivity index (χ0v) is 26.4. The number of fused-ring (bicyclic) bond motifs is 1. The number of nitrogen functional groups attached to an aromatic ring is 1. The molecule has 0 aliphatic carbocycles. The van der Waals surface area contributed by atoms with Crippen molar-refractivity contribution < 1.29 is 56.9 Å². The standard InChI is InChI=1S/C23H39N7O12P2/c1-5-38-43(36,39-6-2)23(44(37,40-7-3)41-8-4)29-13(31)9-10-25-21(35)17(34)18-15(32)16(33)22(42-18)30-12-28-14-19(24)26-11-27-20(14)30/h11-12,15-18,22-23,32-34H,5-10H2,1-4H3,(H,25,35)(H,29,31)(H2,24,26,27)/t15-,16+,17?,18-,22+/m0/s1. The van der Waals surface area contributed by atoms with Gasteiger partial charge in [-0.3, -0.25) is 23.3 Å². The van der Waals surface area contributed by atoms with Gasteiger partial charge in [0.1, 0.15) is 30.2 Å². The van der Waals surface area contributed by atoms with Crippen LogP contribution < -0.4 is 16.4 Å². The molecule has 2 aromatic rings. The number of aromatic nitrogens is 4. The third-order valence-corrected chi connectivity index (χ3v) is 11.9. The number of nitrogens with zero attached hydrogens (tertiary/aromatic N) is 4. The van der Waals surface area contributed by atoms with E-state index < -0.39 is 69.6 Å². The van der Waals surface area contributed by atoms with Crippen molar-refractivity contribution in [2.24, 2.45) is 0 Å². The first kappa shape index (κ1) is 35.9. The Morgan fingerprint density at radius 1 is 1.00 bits per heavy atom. The van der Waals surface area contributed by atoms with E-state index in [0.717, 1.165) is 0 Å². The molecule has 7 N–H and O–H groups in total. The topological polar surface area (TPSA) is 269 Å². The van der Waals surface area contributed by atoms with Crippen LogP contribution in [0.5, 0.6) is 0 Å². The predicted octanol–water partition coefficient (Wildman–Crippen LogP) is -0.173. The van der Waals surface area contributed by atoms with E-state index in [0.29, 0.717) is 0 Å². The van der Waals surface area contributed by atoms with Crippen molar-refractivity contribution in [1.29, 1.82) is 0 Å². The van der Waals surface area contributed by atoms with Crippen molar-refractivity contribution in [2.75, 3.05) is 38.7 Å². The molecule has 1 aliphatic heterocycles. The number of anilines is 1. The van der Waals surface area contributed by atoms with Crippen LogP contribution in [0.3, 0.4) is 0 Å². The molecule has 0 spiro atoms. The van der Waals surface area contributed by atoms with Crippen LogP contribution in [0.2, 0.25) is 0 Å². The van der Waals surface area contributed by atoms with Crippen LogP contribution in [0, 0.1) is 0 Å². The molecule has 2 amide bonds. The quantitative estimate of drug-likeness (QED) is 0.120. The molecular weight excluding hydrogens is 628 g/mol.